The van der Waals surface area contributed by atoms with Crippen LogP contribution in [0.25, 0.3) is 11.3 Å². The van der Waals surface area contributed by atoms with Crippen molar-refractivity contribution in [1.82, 2.24) is 4.98 Å². The predicted octanol–water partition coefficient (Wildman–Crippen LogP) is 5.03. The van der Waals surface area contributed by atoms with Crippen LogP contribution in [0.4, 0.5) is 5.13 Å². The van der Waals surface area contributed by atoms with Crippen molar-refractivity contribution in [3.8, 4) is 17.0 Å². The molecule has 0 radical (unpaired) electrons. The maximum absolute atomic E-state index is 9.81. The van der Waals surface area contributed by atoms with Crippen LogP contribution in [-0.2, 0) is 0 Å². The van der Waals surface area contributed by atoms with Gasteiger partial charge >= 0.3 is 0 Å². The summed E-state index contributed by atoms with van der Waals surface area (Å²) in [6.07, 6.45) is 1.62. The minimum absolute atomic E-state index is 0.188. The Morgan fingerprint density at radius 1 is 1.14 bits per heavy atom. The van der Waals surface area contributed by atoms with E-state index in [1.165, 1.54) is 11.3 Å². The van der Waals surface area contributed by atoms with Crippen LogP contribution < -0.4 is 0 Å². The molecule has 0 spiro atoms. The highest BCUT2D eigenvalue weighted by atomic mass is 79.9. The Labute approximate surface area is 134 Å². The third-order valence-corrected chi connectivity index (χ3v) is 4.11. The third-order valence-electron chi connectivity index (χ3n) is 2.87. The highest BCUT2D eigenvalue weighted by molar-refractivity contribution is 9.10. The van der Waals surface area contributed by atoms with Crippen molar-refractivity contribution in [3.63, 3.8) is 0 Å². The minimum Gasteiger partial charge on any atom is -0.507 e. The first kappa shape index (κ1) is 14.0. The van der Waals surface area contributed by atoms with Gasteiger partial charge in [0.2, 0.25) is 5.13 Å². The van der Waals surface area contributed by atoms with Crippen molar-refractivity contribution >= 4 is 38.6 Å². The number of benzene rings is 2. The molecule has 2 aromatic carbocycles. The van der Waals surface area contributed by atoms with Gasteiger partial charge in [-0.15, -0.1) is 11.3 Å². The second kappa shape index (κ2) is 6.20. The minimum atomic E-state index is 0.188. The van der Waals surface area contributed by atoms with Crippen molar-refractivity contribution in [2.75, 3.05) is 0 Å². The van der Waals surface area contributed by atoms with Crippen molar-refractivity contribution < 1.29 is 5.11 Å². The predicted molar refractivity (Wildman–Crippen MR) is 90.6 cm³/mol. The Morgan fingerprint density at radius 2 is 1.95 bits per heavy atom. The Balaban J connectivity index is 1.83. The summed E-state index contributed by atoms with van der Waals surface area (Å²) < 4.78 is 0.831. The van der Waals surface area contributed by atoms with Gasteiger partial charge in [0.05, 0.1) is 5.69 Å². The van der Waals surface area contributed by atoms with Crippen LogP contribution in [-0.4, -0.2) is 16.3 Å². The Hall–Kier alpha value is -1.98. The standard InChI is InChI=1S/C16H11BrN2OS/c17-13-7-6-12(15(20)8-13)9-18-16-19-14(10-21-16)11-4-2-1-3-5-11/h1-10,20H/b18-9-. The summed E-state index contributed by atoms with van der Waals surface area (Å²) in [5.41, 5.74) is 2.64. The van der Waals surface area contributed by atoms with E-state index < -0.39 is 0 Å². The maximum Gasteiger partial charge on any atom is 0.209 e. The number of hydrogen-bond donors (Lipinski definition) is 1. The third kappa shape index (κ3) is 3.37. The topological polar surface area (TPSA) is 45.5 Å². The summed E-state index contributed by atoms with van der Waals surface area (Å²) in [4.78, 5) is 8.79. The number of halogens is 1. The van der Waals surface area contributed by atoms with Crippen LogP contribution in [0.1, 0.15) is 5.56 Å². The molecule has 5 heteroatoms. The average molecular weight is 359 g/mol. The molecular formula is C16H11BrN2OS. The molecule has 1 heterocycles. The van der Waals surface area contributed by atoms with Crippen LogP contribution in [0, 0.1) is 0 Å². The molecule has 1 N–H and O–H groups in total. The van der Waals surface area contributed by atoms with Gasteiger partial charge in [-0.05, 0) is 18.2 Å². The van der Waals surface area contributed by atoms with E-state index in [9.17, 15) is 5.11 Å². The summed E-state index contributed by atoms with van der Waals surface area (Å²) in [6.45, 7) is 0. The van der Waals surface area contributed by atoms with E-state index in [1.807, 2.05) is 41.8 Å². The molecule has 0 unspecified atom stereocenters. The molecule has 0 bridgehead atoms. The molecule has 3 nitrogen and oxygen atoms in total. The molecule has 104 valence electrons. The van der Waals surface area contributed by atoms with E-state index in [-0.39, 0.29) is 5.75 Å². The number of nitrogens with zero attached hydrogens (tertiary/aromatic N) is 2. The number of aromatic hydroxyl groups is 1. The smallest absolute Gasteiger partial charge is 0.209 e. The zero-order chi connectivity index (χ0) is 14.7. The summed E-state index contributed by atoms with van der Waals surface area (Å²) in [5.74, 6) is 0.188. The van der Waals surface area contributed by atoms with Gasteiger partial charge in [0, 0.05) is 27.2 Å². The summed E-state index contributed by atoms with van der Waals surface area (Å²) in [6, 6.07) is 15.3. The maximum atomic E-state index is 9.81. The van der Waals surface area contributed by atoms with Crippen LogP contribution in [0.5, 0.6) is 5.75 Å². The lowest BCUT2D eigenvalue weighted by Crippen LogP contribution is -1.82. The van der Waals surface area contributed by atoms with E-state index in [0.717, 1.165) is 15.7 Å². The molecule has 0 saturated heterocycles. The molecule has 0 amide bonds. The normalized spacial score (nSPS) is 11.1. The lowest BCUT2D eigenvalue weighted by atomic mass is 10.2. The van der Waals surface area contributed by atoms with E-state index in [1.54, 1.807) is 18.3 Å². The van der Waals surface area contributed by atoms with Crippen molar-refractivity contribution in [1.29, 1.82) is 0 Å². The van der Waals surface area contributed by atoms with Crippen molar-refractivity contribution in [2.45, 2.75) is 0 Å². The summed E-state index contributed by atoms with van der Waals surface area (Å²) >= 11 is 4.78. The molecule has 0 aliphatic carbocycles. The molecule has 3 aromatic rings. The second-order valence-corrected chi connectivity index (χ2v) is 6.09. The quantitative estimate of drug-likeness (QED) is 0.667. The van der Waals surface area contributed by atoms with Gasteiger partial charge in [-0.25, -0.2) is 9.98 Å². The summed E-state index contributed by atoms with van der Waals surface area (Å²) in [5, 5.41) is 12.5. The molecule has 0 saturated carbocycles. The van der Waals surface area contributed by atoms with Crippen LogP contribution in [0.2, 0.25) is 0 Å². The number of rotatable bonds is 3. The van der Waals surface area contributed by atoms with E-state index in [2.05, 4.69) is 25.9 Å². The zero-order valence-corrected chi connectivity index (χ0v) is 13.3. The largest absolute Gasteiger partial charge is 0.507 e. The van der Waals surface area contributed by atoms with Crippen LogP contribution >= 0.6 is 27.3 Å². The van der Waals surface area contributed by atoms with E-state index in [4.69, 9.17) is 0 Å². The molecule has 1 aromatic heterocycles. The first-order chi connectivity index (χ1) is 10.2. The molecule has 21 heavy (non-hydrogen) atoms. The highest BCUT2D eigenvalue weighted by Crippen LogP contribution is 2.27. The highest BCUT2D eigenvalue weighted by Gasteiger charge is 2.03. The van der Waals surface area contributed by atoms with Gasteiger partial charge in [0.15, 0.2) is 0 Å². The first-order valence-corrected chi connectivity index (χ1v) is 7.93. The number of aliphatic imine (C=N–C) groups is 1. The van der Waals surface area contributed by atoms with Gasteiger partial charge in [-0.2, -0.15) is 0 Å². The van der Waals surface area contributed by atoms with Gasteiger partial charge in [-0.3, -0.25) is 0 Å². The fourth-order valence-electron chi connectivity index (χ4n) is 1.82. The lowest BCUT2D eigenvalue weighted by Gasteiger charge is -1.98. The number of aromatic nitrogens is 1. The monoisotopic (exact) mass is 358 g/mol. The number of phenols is 1. The van der Waals surface area contributed by atoms with E-state index in [0.29, 0.717) is 10.7 Å². The van der Waals surface area contributed by atoms with Crippen LogP contribution in [0.3, 0.4) is 0 Å². The fourth-order valence-corrected chi connectivity index (χ4v) is 2.84. The first-order valence-electron chi connectivity index (χ1n) is 6.26. The number of phenolic OH excluding ortho intramolecular Hbond substituents is 1. The van der Waals surface area contributed by atoms with Crippen LogP contribution in [0.15, 0.2) is 63.4 Å². The summed E-state index contributed by atoms with van der Waals surface area (Å²) in [7, 11) is 0. The molecule has 0 aliphatic rings. The van der Waals surface area contributed by atoms with Gasteiger partial charge in [0.1, 0.15) is 5.75 Å². The molecule has 0 fully saturated rings. The number of hydrogen-bond acceptors (Lipinski definition) is 4. The average Bonchev–Trinajstić information content (AvgIpc) is 2.96. The Bertz CT molecular complexity index is 784. The molecule has 3 rings (SSSR count). The molecular weight excluding hydrogens is 348 g/mol. The van der Waals surface area contributed by atoms with Crippen molar-refractivity contribution in [3.05, 3.63) is 63.9 Å². The van der Waals surface area contributed by atoms with E-state index >= 15 is 0 Å². The Morgan fingerprint density at radius 3 is 2.71 bits per heavy atom. The fraction of sp³-hybridized carbons (Fsp3) is 0. The lowest BCUT2D eigenvalue weighted by molar-refractivity contribution is 0.474. The van der Waals surface area contributed by atoms with Gasteiger partial charge in [-0.1, -0.05) is 46.3 Å². The second-order valence-electron chi connectivity index (χ2n) is 4.34. The number of thiazole rings is 1. The van der Waals surface area contributed by atoms with Crippen molar-refractivity contribution in [2.24, 2.45) is 4.99 Å². The SMILES string of the molecule is Oc1cc(Br)ccc1/C=N\c1nc(-c2ccccc2)cs1. The van der Waals surface area contributed by atoms with Gasteiger partial charge in [0.25, 0.3) is 0 Å². The molecule has 0 atom stereocenters. The Kier molecular flexibility index (Phi) is 4.13. The molecule has 0 aliphatic heterocycles. The van der Waals surface area contributed by atoms with Gasteiger partial charge < -0.3 is 5.11 Å². The zero-order valence-electron chi connectivity index (χ0n) is 10.9.